The van der Waals surface area contributed by atoms with Gasteiger partial charge in [-0.2, -0.15) is 0 Å². The number of rotatable bonds is 45. The molecule has 0 aliphatic carbocycles. The molecule has 0 saturated carbocycles. The molecule has 0 spiro atoms. The minimum Gasteiger partial charge on any atom is -0.457 e. The van der Waals surface area contributed by atoms with Crippen molar-refractivity contribution in [2.75, 3.05) is 26.4 Å². The first-order valence-electron chi connectivity index (χ1n) is 27.6. The first kappa shape index (κ1) is 65.8. The third-order valence-electron chi connectivity index (χ3n) is 11.4. The van der Waals surface area contributed by atoms with Crippen molar-refractivity contribution in [1.82, 2.24) is 0 Å². The van der Waals surface area contributed by atoms with Gasteiger partial charge < -0.3 is 39.4 Å². The molecule has 0 radical (unpaired) electrons. The monoisotopic (exact) mass is 999 g/mol. The number of aliphatic hydroxyl groups is 4. The largest absolute Gasteiger partial charge is 0.457 e. The van der Waals surface area contributed by atoms with E-state index < -0.39 is 43.4 Å². The predicted octanol–water partition coefficient (Wildman–Crippen LogP) is 14.4. The zero-order valence-electron chi connectivity index (χ0n) is 44.6. The van der Waals surface area contributed by atoms with Gasteiger partial charge in [-0.3, -0.25) is 4.79 Å². The summed E-state index contributed by atoms with van der Waals surface area (Å²) >= 11 is 0. The molecule has 0 bridgehead atoms. The summed E-state index contributed by atoms with van der Waals surface area (Å²) in [4.78, 5) is 12.9. The maximum absolute atomic E-state index is 12.9. The van der Waals surface area contributed by atoms with Crippen molar-refractivity contribution in [3.63, 3.8) is 0 Å². The second-order valence-corrected chi connectivity index (χ2v) is 17.9. The number of ether oxygens (including phenoxy) is 4. The van der Waals surface area contributed by atoms with E-state index in [-0.39, 0.29) is 25.6 Å². The molecule has 6 unspecified atom stereocenters. The second-order valence-electron chi connectivity index (χ2n) is 17.9. The highest BCUT2D eigenvalue weighted by atomic mass is 16.7. The van der Waals surface area contributed by atoms with Crippen molar-refractivity contribution >= 4 is 5.97 Å². The minimum absolute atomic E-state index is 0.104. The molecule has 404 valence electrons. The van der Waals surface area contributed by atoms with Crippen molar-refractivity contribution in [3.05, 3.63) is 158 Å². The summed E-state index contributed by atoms with van der Waals surface area (Å²) in [5, 5.41) is 40.3. The molecule has 9 nitrogen and oxygen atoms in total. The molecular weight excluding hydrogens is 901 g/mol. The molecule has 0 aromatic carbocycles. The predicted molar refractivity (Wildman–Crippen MR) is 301 cm³/mol. The number of hydrogen-bond acceptors (Lipinski definition) is 9. The number of hydrogen-bond donors (Lipinski definition) is 4. The molecule has 1 aliphatic heterocycles. The Kier molecular flexibility index (Phi) is 47.3. The van der Waals surface area contributed by atoms with Crippen LogP contribution in [0.3, 0.4) is 0 Å². The Labute approximate surface area is 437 Å². The summed E-state index contributed by atoms with van der Waals surface area (Å²) in [5.74, 6) is -0.355. The van der Waals surface area contributed by atoms with E-state index in [1.54, 1.807) is 0 Å². The highest BCUT2D eigenvalue weighted by Crippen LogP contribution is 2.22. The summed E-state index contributed by atoms with van der Waals surface area (Å²) in [7, 11) is 0. The SMILES string of the molecule is CC/C=C\C/C=C\C/C=C\C/C=C\C/C=C\C/C=C\C/C=C\CCCCCCOCC(COC1OC(CO)C(O)C(O)C1O)OC(=O)CCCCCC/C=C\C/C=C\C/C=C\C/C=C\C/C=C\C/C=C\CC. The van der Waals surface area contributed by atoms with Crippen molar-refractivity contribution in [3.8, 4) is 0 Å². The summed E-state index contributed by atoms with van der Waals surface area (Å²) in [6.07, 6.45) is 72.7. The lowest BCUT2D eigenvalue weighted by Crippen LogP contribution is -2.59. The van der Waals surface area contributed by atoms with E-state index in [0.29, 0.717) is 13.0 Å². The molecule has 1 heterocycles. The van der Waals surface area contributed by atoms with E-state index in [1.165, 1.54) is 0 Å². The Hall–Kier alpha value is -4.19. The zero-order chi connectivity index (χ0) is 52.1. The third-order valence-corrected chi connectivity index (χ3v) is 11.4. The molecule has 72 heavy (non-hydrogen) atoms. The van der Waals surface area contributed by atoms with Crippen molar-refractivity contribution in [2.45, 2.75) is 205 Å². The molecule has 1 rings (SSSR count). The smallest absolute Gasteiger partial charge is 0.306 e. The average Bonchev–Trinajstić information content (AvgIpc) is 3.38. The average molecular weight is 999 g/mol. The molecule has 0 aromatic heterocycles. The molecule has 4 N–H and O–H groups in total. The topological polar surface area (TPSA) is 135 Å². The number of allylic oxidation sites excluding steroid dienone is 26. The molecule has 0 amide bonds. The number of carbonyl (C=O) groups is 1. The van der Waals surface area contributed by atoms with Gasteiger partial charge >= 0.3 is 5.97 Å². The van der Waals surface area contributed by atoms with Crippen molar-refractivity contribution in [2.24, 2.45) is 0 Å². The van der Waals surface area contributed by atoms with Crippen LogP contribution in [0.15, 0.2) is 158 Å². The molecule has 1 fully saturated rings. The van der Waals surface area contributed by atoms with Gasteiger partial charge in [-0.1, -0.05) is 198 Å². The van der Waals surface area contributed by atoms with Crippen molar-refractivity contribution < 1.29 is 44.2 Å². The molecule has 9 heteroatoms. The van der Waals surface area contributed by atoms with Gasteiger partial charge in [0, 0.05) is 13.0 Å². The normalized spacial score (nSPS) is 20.0. The van der Waals surface area contributed by atoms with Gasteiger partial charge in [-0.15, -0.1) is 0 Å². The van der Waals surface area contributed by atoms with Crippen LogP contribution in [0, 0.1) is 0 Å². The van der Waals surface area contributed by atoms with Crippen LogP contribution in [0.1, 0.15) is 168 Å². The van der Waals surface area contributed by atoms with Crippen LogP contribution < -0.4 is 0 Å². The van der Waals surface area contributed by atoms with Crippen LogP contribution in [0.2, 0.25) is 0 Å². The quantitative estimate of drug-likeness (QED) is 0.0267. The van der Waals surface area contributed by atoms with Crippen LogP contribution in [-0.2, 0) is 23.7 Å². The molecule has 1 saturated heterocycles. The molecular formula is C63H98O9. The second kappa shape index (κ2) is 51.7. The summed E-state index contributed by atoms with van der Waals surface area (Å²) in [6.45, 7) is 4.20. The Balaban J connectivity index is 2.26. The van der Waals surface area contributed by atoms with Gasteiger partial charge in [0.25, 0.3) is 0 Å². The third kappa shape index (κ3) is 41.3. The first-order chi connectivity index (χ1) is 35.4. The summed E-state index contributed by atoms with van der Waals surface area (Å²) in [6, 6.07) is 0. The summed E-state index contributed by atoms with van der Waals surface area (Å²) in [5.41, 5.74) is 0. The van der Waals surface area contributed by atoms with Gasteiger partial charge in [0.15, 0.2) is 6.29 Å². The van der Waals surface area contributed by atoms with Crippen LogP contribution in [0.4, 0.5) is 0 Å². The van der Waals surface area contributed by atoms with Crippen LogP contribution in [0.5, 0.6) is 0 Å². The molecule has 6 atom stereocenters. The maximum atomic E-state index is 12.9. The Morgan fingerprint density at radius 2 is 0.806 bits per heavy atom. The summed E-state index contributed by atoms with van der Waals surface area (Å²) < 4.78 is 22.9. The Morgan fingerprint density at radius 3 is 1.19 bits per heavy atom. The fourth-order valence-electron chi connectivity index (χ4n) is 7.24. The lowest BCUT2D eigenvalue weighted by atomic mass is 9.99. The van der Waals surface area contributed by atoms with E-state index in [0.717, 1.165) is 141 Å². The number of unbranched alkanes of at least 4 members (excludes halogenated alkanes) is 8. The van der Waals surface area contributed by atoms with E-state index in [2.05, 4.69) is 172 Å². The molecule has 1 aliphatic rings. The number of carbonyl (C=O) groups excluding carboxylic acids is 1. The van der Waals surface area contributed by atoms with Gasteiger partial charge in [0.1, 0.15) is 30.5 Å². The van der Waals surface area contributed by atoms with E-state index in [1.807, 2.05) is 0 Å². The standard InChI is InChI=1S/C63H98O9/c1-3-5-7-9-11-13-15-17-19-21-23-25-27-28-29-31-33-35-37-39-41-43-45-47-49-51-53-69-55-57(56-70-63-62(68)61(67)60(66)58(54-64)72-63)71-59(65)52-50-48-46-44-42-40-38-36-34-32-30-26-24-22-20-18-16-14-12-10-8-6-4-2/h5-8,11-14,17-20,23-26,28-29,32-35,38-41,57-58,60-64,66-68H,3-4,9-10,15-16,21-22,27,30-31,36-37,42-56H2,1-2H3/b7-5-,8-6-,13-11-,14-12-,19-17-,20-18-,25-23-,26-24-,29-28-,34-32-,35-33-,40-38-,41-39-. The fourth-order valence-corrected chi connectivity index (χ4v) is 7.24. The van der Waals surface area contributed by atoms with Gasteiger partial charge in [-0.25, -0.2) is 0 Å². The number of aliphatic hydroxyl groups excluding tert-OH is 4. The minimum atomic E-state index is -1.56. The first-order valence-corrected chi connectivity index (χ1v) is 27.6. The van der Waals surface area contributed by atoms with Crippen molar-refractivity contribution in [1.29, 1.82) is 0 Å². The van der Waals surface area contributed by atoms with Crippen LogP contribution in [-0.4, -0.2) is 89.6 Å². The fraction of sp³-hybridized carbons (Fsp3) is 0.571. The zero-order valence-corrected chi connectivity index (χ0v) is 44.6. The lowest BCUT2D eigenvalue weighted by Gasteiger charge is -2.39. The van der Waals surface area contributed by atoms with Crippen LogP contribution in [0.25, 0.3) is 0 Å². The van der Waals surface area contributed by atoms with Gasteiger partial charge in [-0.05, 0) is 122 Å². The van der Waals surface area contributed by atoms with Crippen LogP contribution >= 0.6 is 0 Å². The Morgan fingerprint density at radius 1 is 0.444 bits per heavy atom. The maximum Gasteiger partial charge on any atom is 0.306 e. The molecule has 0 aromatic rings. The Bertz CT molecular complexity index is 1660. The van der Waals surface area contributed by atoms with E-state index in [9.17, 15) is 25.2 Å². The number of esters is 1. The van der Waals surface area contributed by atoms with Gasteiger partial charge in [0.2, 0.25) is 0 Å². The highest BCUT2D eigenvalue weighted by Gasteiger charge is 2.44. The van der Waals surface area contributed by atoms with Gasteiger partial charge in [0.05, 0.1) is 19.8 Å². The van der Waals surface area contributed by atoms with E-state index in [4.69, 9.17) is 18.9 Å². The highest BCUT2D eigenvalue weighted by molar-refractivity contribution is 5.69. The lowest BCUT2D eigenvalue weighted by molar-refractivity contribution is -0.305. The van der Waals surface area contributed by atoms with E-state index >= 15 is 0 Å².